The Labute approximate surface area is 170 Å². The fourth-order valence-electron chi connectivity index (χ4n) is 4.05. The largest absolute Gasteiger partial charge is 0.508 e. The lowest BCUT2D eigenvalue weighted by molar-refractivity contribution is 0.156. The van der Waals surface area contributed by atoms with Crippen LogP contribution in [-0.4, -0.2) is 39.1 Å². The molecule has 2 aliphatic heterocycles. The van der Waals surface area contributed by atoms with Gasteiger partial charge in [0.25, 0.3) is 0 Å². The Morgan fingerprint density at radius 3 is 2.79 bits per heavy atom. The van der Waals surface area contributed by atoms with Crippen LogP contribution in [0.4, 0.5) is 4.39 Å². The molecular weight excluding hydrogens is 369 g/mol. The molecule has 0 saturated heterocycles. The number of benzene rings is 1. The van der Waals surface area contributed by atoms with Crippen LogP contribution in [0.3, 0.4) is 0 Å². The summed E-state index contributed by atoms with van der Waals surface area (Å²) in [4.78, 5) is 2.19. The molecule has 1 atom stereocenters. The van der Waals surface area contributed by atoms with Crippen LogP contribution in [0.15, 0.2) is 60.5 Å². The van der Waals surface area contributed by atoms with Crippen LogP contribution in [0.5, 0.6) is 5.75 Å². The van der Waals surface area contributed by atoms with Gasteiger partial charge in [-0.2, -0.15) is 5.10 Å². The molecule has 152 valence electrons. The summed E-state index contributed by atoms with van der Waals surface area (Å²) in [5.74, 6) is 0.583. The molecule has 29 heavy (non-hydrogen) atoms. The summed E-state index contributed by atoms with van der Waals surface area (Å²) in [6.07, 6.45) is 3.90. The van der Waals surface area contributed by atoms with E-state index in [9.17, 15) is 9.50 Å². The quantitative estimate of drug-likeness (QED) is 0.742. The predicted octanol–water partition coefficient (Wildman–Crippen LogP) is 4.98. The van der Waals surface area contributed by atoms with Crippen molar-refractivity contribution >= 4 is 16.6 Å². The number of rotatable bonds is 4. The molecule has 0 radical (unpaired) electrons. The van der Waals surface area contributed by atoms with Crippen LogP contribution >= 0.6 is 0 Å². The fourth-order valence-corrected chi connectivity index (χ4v) is 4.05. The van der Waals surface area contributed by atoms with Gasteiger partial charge in [0.2, 0.25) is 0 Å². The number of halogens is 1. The van der Waals surface area contributed by atoms with Crippen LogP contribution in [0.2, 0.25) is 0 Å². The second-order valence-electron chi connectivity index (χ2n) is 8.55. The van der Waals surface area contributed by atoms with Crippen LogP contribution in [-0.2, 0) is 6.54 Å². The van der Waals surface area contributed by atoms with Crippen molar-refractivity contribution in [3.63, 3.8) is 0 Å². The highest BCUT2D eigenvalue weighted by atomic mass is 19.1. The number of hydrogen-bond acceptors (Lipinski definition) is 4. The Hall–Kier alpha value is -3.02. The van der Waals surface area contributed by atoms with Crippen molar-refractivity contribution in [3.8, 4) is 5.75 Å². The molecule has 1 unspecified atom stereocenters. The molecule has 0 amide bonds. The minimum atomic E-state index is -0.548. The number of hydrogen-bond donors (Lipinski definition) is 1. The van der Waals surface area contributed by atoms with Gasteiger partial charge in [0.15, 0.2) is 0 Å². The van der Waals surface area contributed by atoms with Crippen molar-refractivity contribution in [2.75, 3.05) is 13.3 Å². The molecule has 0 saturated carbocycles. The summed E-state index contributed by atoms with van der Waals surface area (Å²) in [5.41, 5.74) is 3.93. The number of aliphatic hydroxyl groups excluding tert-OH is 1. The molecule has 4 rings (SSSR count). The van der Waals surface area contributed by atoms with Crippen molar-refractivity contribution in [1.82, 2.24) is 14.7 Å². The van der Waals surface area contributed by atoms with Crippen LogP contribution in [0.1, 0.15) is 26.5 Å². The number of ether oxygens (including phenoxy) is 1. The number of aliphatic hydroxyl groups is 1. The summed E-state index contributed by atoms with van der Waals surface area (Å²) in [6.45, 7) is 14.5. The number of alkyl halides is 1. The highest BCUT2D eigenvalue weighted by Crippen LogP contribution is 2.44. The molecule has 2 aliphatic rings. The molecule has 1 aromatic heterocycles. The Morgan fingerprint density at radius 1 is 1.38 bits per heavy atom. The van der Waals surface area contributed by atoms with Gasteiger partial charge >= 0.3 is 0 Å². The first-order valence-electron chi connectivity index (χ1n) is 9.70. The number of fused-ring (bicyclic) bond motifs is 5. The maximum absolute atomic E-state index is 12.6. The zero-order valence-corrected chi connectivity index (χ0v) is 17.1. The minimum absolute atomic E-state index is 0.00224. The predicted molar refractivity (Wildman–Crippen MR) is 113 cm³/mol. The summed E-state index contributed by atoms with van der Waals surface area (Å²) < 4.78 is 20.2. The third-order valence-corrected chi connectivity index (χ3v) is 5.51. The third kappa shape index (κ3) is 3.12. The maximum atomic E-state index is 12.6. The number of allylic oxidation sites excluding steroid dienone is 2. The van der Waals surface area contributed by atoms with Gasteiger partial charge in [-0.15, -0.1) is 0 Å². The highest BCUT2D eigenvalue weighted by molar-refractivity contribution is 5.95. The van der Waals surface area contributed by atoms with Crippen molar-refractivity contribution in [2.24, 2.45) is 5.41 Å². The van der Waals surface area contributed by atoms with E-state index in [1.54, 1.807) is 0 Å². The summed E-state index contributed by atoms with van der Waals surface area (Å²) in [6, 6.07) is 5.82. The monoisotopic (exact) mass is 395 g/mol. The Balaban J connectivity index is 1.93. The lowest BCUT2D eigenvalue weighted by Gasteiger charge is -2.46. The van der Waals surface area contributed by atoms with Gasteiger partial charge in [0.05, 0.1) is 24.0 Å². The van der Waals surface area contributed by atoms with Gasteiger partial charge in [-0.3, -0.25) is 4.68 Å². The van der Waals surface area contributed by atoms with E-state index in [2.05, 4.69) is 38.8 Å². The number of aromatic nitrogens is 2. The molecule has 0 bridgehead atoms. The molecule has 0 fully saturated rings. The van der Waals surface area contributed by atoms with Crippen molar-refractivity contribution in [3.05, 3.63) is 66.2 Å². The molecule has 6 heteroatoms. The fraction of sp³-hybridized carbons (Fsp3) is 0.348. The summed E-state index contributed by atoms with van der Waals surface area (Å²) in [7, 11) is 0. The smallest absolute Gasteiger partial charge is 0.147 e. The third-order valence-electron chi connectivity index (χ3n) is 5.51. The maximum Gasteiger partial charge on any atom is 0.147 e. The minimum Gasteiger partial charge on any atom is -0.508 e. The van der Waals surface area contributed by atoms with E-state index in [0.717, 1.165) is 22.3 Å². The summed E-state index contributed by atoms with van der Waals surface area (Å²) >= 11 is 0. The summed E-state index contributed by atoms with van der Waals surface area (Å²) in [5, 5.41) is 15.8. The average molecular weight is 395 g/mol. The van der Waals surface area contributed by atoms with Crippen molar-refractivity contribution in [1.29, 1.82) is 0 Å². The zero-order valence-electron chi connectivity index (χ0n) is 17.1. The van der Waals surface area contributed by atoms with E-state index in [4.69, 9.17) is 9.84 Å². The van der Waals surface area contributed by atoms with Gasteiger partial charge in [-0.05, 0) is 23.1 Å². The van der Waals surface area contributed by atoms with Gasteiger partial charge in [0.1, 0.15) is 30.3 Å². The molecule has 3 heterocycles. The first kappa shape index (κ1) is 19.3. The zero-order chi connectivity index (χ0) is 20.9. The topological polar surface area (TPSA) is 50.5 Å². The first-order valence-corrected chi connectivity index (χ1v) is 9.70. The highest BCUT2D eigenvalue weighted by Gasteiger charge is 2.40. The van der Waals surface area contributed by atoms with Gasteiger partial charge in [-0.25, -0.2) is 4.39 Å². The lowest BCUT2D eigenvalue weighted by atomic mass is 9.82. The van der Waals surface area contributed by atoms with Crippen molar-refractivity contribution in [2.45, 2.75) is 33.4 Å². The molecule has 2 aromatic rings. The molecule has 0 aliphatic carbocycles. The number of nitrogens with zero attached hydrogens (tertiary/aromatic N) is 3. The van der Waals surface area contributed by atoms with Gasteiger partial charge < -0.3 is 14.7 Å². The van der Waals surface area contributed by atoms with E-state index in [0.29, 0.717) is 23.4 Å². The van der Waals surface area contributed by atoms with E-state index < -0.39 is 6.67 Å². The normalized spacial score (nSPS) is 18.8. The Bertz CT molecular complexity index is 1070. The molecule has 5 nitrogen and oxygen atoms in total. The van der Waals surface area contributed by atoms with Crippen LogP contribution in [0, 0.1) is 5.41 Å². The van der Waals surface area contributed by atoms with Gasteiger partial charge in [0, 0.05) is 17.2 Å². The Morgan fingerprint density at radius 2 is 2.14 bits per heavy atom. The standard InChI is InChI=1S/C23H26FN3O2/c1-14-11-18-22-16-7-6-8-19(29-10-9-24)21(16)25-27(22)13-20(23(3,4)5)26(18)12-17(14)15(2)28/h6-8,11-12,20,28H,1-2,9-10,13H2,3-5H3. The van der Waals surface area contributed by atoms with Crippen LogP contribution in [0.25, 0.3) is 16.6 Å². The molecule has 0 spiro atoms. The van der Waals surface area contributed by atoms with Gasteiger partial charge in [-0.1, -0.05) is 46.1 Å². The lowest BCUT2D eigenvalue weighted by Crippen LogP contribution is -2.47. The molecular formula is C23H26FN3O2. The average Bonchev–Trinajstić information content (AvgIpc) is 3.03. The van der Waals surface area contributed by atoms with E-state index in [1.807, 2.05) is 35.2 Å². The first-order chi connectivity index (χ1) is 13.7. The van der Waals surface area contributed by atoms with E-state index >= 15 is 0 Å². The molecule has 1 aromatic carbocycles. The second-order valence-corrected chi connectivity index (χ2v) is 8.55. The van der Waals surface area contributed by atoms with Crippen molar-refractivity contribution < 1.29 is 14.2 Å². The van der Waals surface area contributed by atoms with E-state index in [1.165, 1.54) is 0 Å². The SMILES string of the molecule is C=C(O)C1=CN2C(=CC1=C)c1c3cccc(OCCF)c3nn1CC2C(C)(C)C. The Kier molecular flexibility index (Phi) is 4.52. The molecule has 1 N–H and O–H groups in total. The van der Waals surface area contributed by atoms with Crippen LogP contribution < -0.4 is 4.74 Å². The second kappa shape index (κ2) is 6.79. The van der Waals surface area contributed by atoms with E-state index in [-0.39, 0.29) is 23.8 Å².